The van der Waals surface area contributed by atoms with Gasteiger partial charge in [-0.15, -0.1) is 0 Å². The topological polar surface area (TPSA) is 20.3 Å². The number of carbonyl (C=O) groups excluding carboxylic acids is 1. The van der Waals surface area contributed by atoms with Gasteiger partial charge in [-0.2, -0.15) is 0 Å². The first-order valence-electron chi connectivity index (χ1n) is 5.37. The molecule has 78 valence electrons. The largest absolute Gasteiger partial charge is 0.298 e. The highest BCUT2D eigenvalue weighted by molar-refractivity contribution is 5.85. The lowest BCUT2D eigenvalue weighted by Crippen LogP contribution is -2.35. The normalized spacial score (nSPS) is 22.8. The fourth-order valence-electron chi connectivity index (χ4n) is 1.65. The molecule has 0 radical (unpaired) electrons. The number of carbonyl (C=O) groups is 1. The van der Waals surface area contributed by atoms with Crippen molar-refractivity contribution in [3.05, 3.63) is 0 Å². The van der Waals surface area contributed by atoms with Gasteiger partial charge in [0.1, 0.15) is 0 Å². The quantitative estimate of drug-likeness (QED) is 0.658. The van der Waals surface area contributed by atoms with Crippen molar-refractivity contribution in [3.63, 3.8) is 0 Å². The number of nitrogens with zero attached hydrogens (tertiary/aromatic N) is 1. The minimum absolute atomic E-state index is 0.195. The van der Waals surface area contributed by atoms with Crippen LogP contribution >= 0.6 is 0 Å². The van der Waals surface area contributed by atoms with Crippen molar-refractivity contribution in [1.29, 1.82) is 0 Å². The Bertz CT molecular complexity index is 154. The van der Waals surface area contributed by atoms with Crippen molar-refractivity contribution in [2.24, 2.45) is 5.92 Å². The summed E-state index contributed by atoms with van der Waals surface area (Å²) in [7, 11) is 2.04. The fraction of sp³-hybridized carbons (Fsp3) is 0.909. The number of hydrogen-bond acceptors (Lipinski definition) is 2. The summed E-state index contributed by atoms with van der Waals surface area (Å²) in [6.45, 7) is 9.05. The Balaban J connectivity index is 0.000000671. The summed E-state index contributed by atoms with van der Waals surface area (Å²) in [6, 6.07) is 0.218. The second kappa shape index (κ2) is 6.14. The Hall–Kier alpha value is -0.370. The highest BCUT2D eigenvalue weighted by atomic mass is 16.1. The van der Waals surface area contributed by atoms with E-state index in [0.717, 1.165) is 13.0 Å². The van der Waals surface area contributed by atoms with E-state index < -0.39 is 0 Å². The molecule has 0 saturated carbocycles. The van der Waals surface area contributed by atoms with Crippen LogP contribution in [0.2, 0.25) is 0 Å². The van der Waals surface area contributed by atoms with E-state index in [1.807, 2.05) is 34.7 Å². The molecule has 1 rings (SSSR count). The van der Waals surface area contributed by atoms with Gasteiger partial charge >= 0.3 is 0 Å². The van der Waals surface area contributed by atoms with Crippen LogP contribution in [0.1, 0.15) is 40.5 Å². The molecule has 0 aromatic carbocycles. The van der Waals surface area contributed by atoms with Gasteiger partial charge in [0.2, 0.25) is 0 Å². The Kier molecular flexibility index (Phi) is 5.97. The zero-order chi connectivity index (χ0) is 10.4. The number of ketones is 1. The third-order valence-corrected chi connectivity index (χ3v) is 2.42. The molecule has 1 saturated heterocycles. The van der Waals surface area contributed by atoms with Gasteiger partial charge in [0, 0.05) is 5.92 Å². The summed E-state index contributed by atoms with van der Waals surface area (Å²) in [5.74, 6) is 0.602. The van der Waals surface area contributed by atoms with Crippen molar-refractivity contribution >= 4 is 5.78 Å². The second-order valence-corrected chi connectivity index (χ2v) is 3.70. The molecule has 1 aliphatic rings. The maximum Gasteiger partial charge on any atom is 0.152 e. The lowest BCUT2D eigenvalue weighted by molar-refractivity contribution is -0.125. The van der Waals surface area contributed by atoms with Crippen molar-refractivity contribution in [3.8, 4) is 0 Å². The maximum atomic E-state index is 11.5. The molecule has 2 heteroatoms. The van der Waals surface area contributed by atoms with E-state index >= 15 is 0 Å². The van der Waals surface area contributed by atoms with Crippen LogP contribution in [0, 0.1) is 5.92 Å². The predicted octanol–water partition coefficient (Wildman–Crippen LogP) is 2.33. The first-order valence-corrected chi connectivity index (χ1v) is 5.37. The van der Waals surface area contributed by atoms with Gasteiger partial charge in [0.15, 0.2) is 5.78 Å². The van der Waals surface area contributed by atoms with Gasteiger partial charge in [-0.05, 0) is 26.4 Å². The minimum atomic E-state index is 0.195. The molecular weight excluding hydrogens is 162 g/mol. The first kappa shape index (κ1) is 12.6. The van der Waals surface area contributed by atoms with E-state index in [1.54, 1.807) is 0 Å². The summed E-state index contributed by atoms with van der Waals surface area (Å²) < 4.78 is 0. The van der Waals surface area contributed by atoms with Crippen molar-refractivity contribution < 1.29 is 4.79 Å². The highest BCUT2D eigenvalue weighted by Crippen LogP contribution is 2.18. The lowest BCUT2D eigenvalue weighted by Gasteiger charge is -2.19. The minimum Gasteiger partial charge on any atom is -0.298 e. The van der Waals surface area contributed by atoms with Gasteiger partial charge in [0.25, 0.3) is 0 Å². The lowest BCUT2D eigenvalue weighted by atomic mass is 10.0. The van der Waals surface area contributed by atoms with E-state index in [1.165, 1.54) is 6.42 Å². The molecular formula is C11H23NO. The van der Waals surface area contributed by atoms with Gasteiger partial charge in [-0.1, -0.05) is 27.7 Å². The molecule has 0 amide bonds. The standard InChI is InChI=1S/C9H17NO.C2H6/c1-7(2)9(11)8-5-4-6-10(8)3;1-2/h7-8H,4-6H2,1-3H3;1-2H3/t8-;/m0./s1. The van der Waals surface area contributed by atoms with Gasteiger partial charge in [-0.25, -0.2) is 0 Å². The van der Waals surface area contributed by atoms with Crippen molar-refractivity contribution in [2.75, 3.05) is 13.6 Å². The Morgan fingerprint density at radius 3 is 2.23 bits per heavy atom. The molecule has 1 atom stereocenters. The first-order chi connectivity index (χ1) is 6.13. The van der Waals surface area contributed by atoms with Gasteiger partial charge in [0.05, 0.1) is 6.04 Å². The molecule has 1 aliphatic heterocycles. The zero-order valence-electron chi connectivity index (χ0n) is 9.63. The predicted molar refractivity (Wildman–Crippen MR) is 56.8 cm³/mol. The molecule has 0 N–H and O–H groups in total. The molecule has 1 heterocycles. The summed E-state index contributed by atoms with van der Waals surface area (Å²) in [6.07, 6.45) is 2.24. The molecule has 1 fully saturated rings. The summed E-state index contributed by atoms with van der Waals surface area (Å²) in [4.78, 5) is 13.7. The fourth-order valence-corrected chi connectivity index (χ4v) is 1.65. The van der Waals surface area contributed by atoms with E-state index in [9.17, 15) is 4.79 Å². The number of Topliss-reactive ketones (excluding diaryl/α,β-unsaturated/α-hetero) is 1. The number of likely N-dealkylation sites (N-methyl/N-ethyl adjacent to an activating group) is 1. The average Bonchev–Trinajstić information content (AvgIpc) is 2.53. The van der Waals surface area contributed by atoms with Crippen LogP contribution in [-0.2, 0) is 4.79 Å². The molecule has 0 aliphatic carbocycles. The van der Waals surface area contributed by atoms with E-state index in [2.05, 4.69) is 4.90 Å². The van der Waals surface area contributed by atoms with Crippen LogP contribution in [0.4, 0.5) is 0 Å². The number of hydrogen-bond donors (Lipinski definition) is 0. The summed E-state index contributed by atoms with van der Waals surface area (Å²) in [5, 5.41) is 0. The maximum absolute atomic E-state index is 11.5. The zero-order valence-corrected chi connectivity index (χ0v) is 9.63. The second-order valence-electron chi connectivity index (χ2n) is 3.70. The summed E-state index contributed by atoms with van der Waals surface area (Å²) in [5.41, 5.74) is 0. The molecule has 0 unspecified atom stereocenters. The van der Waals surface area contributed by atoms with Crippen LogP contribution in [-0.4, -0.2) is 30.3 Å². The van der Waals surface area contributed by atoms with Gasteiger partial charge < -0.3 is 0 Å². The number of likely N-dealkylation sites (tertiary alicyclic amines) is 1. The highest BCUT2D eigenvalue weighted by Gasteiger charge is 2.28. The van der Waals surface area contributed by atoms with Crippen molar-refractivity contribution in [2.45, 2.75) is 46.6 Å². The number of rotatable bonds is 2. The molecule has 2 nitrogen and oxygen atoms in total. The Morgan fingerprint density at radius 1 is 1.38 bits per heavy atom. The third-order valence-electron chi connectivity index (χ3n) is 2.42. The molecule has 0 bridgehead atoms. The molecule has 13 heavy (non-hydrogen) atoms. The molecule has 0 aromatic rings. The van der Waals surface area contributed by atoms with Crippen LogP contribution in [0.25, 0.3) is 0 Å². The average molecular weight is 185 g/mol. The smallest absolute Gasteiger partial charge is 0.152 e. The third kappa shape index (κ3) is 3.47. The Labute approximate surface area is 82.3 Å². The monoisotopic (exact) mass is 185 g/mol. The van der Waals surface area contributed by atoms with E-state index in [-0.39, 0.29) is 12.0 Å². The molecule has 0 spiro atoms. The van der Waals surface area contributed by atoms with Gasteiger partial charge in [-0.3, -0.25) is 9.69 Å². The van der Waals surface area contributed by atoms with Crippen LogP contribution in [0.15, 0.2) is 0 Å². The molecule has 0 aromatic heterocycles. The van der Waals surface area contributed by atoms with Crippen molar-refractivity contribution in [1.82, 2.24) is 4.90 Å². The SMILES string of the molecule is CC.CC(C)C(=O)[C@@H]1CCCN1C. The summed E-state index contributed by atoms with van der Waals surface area (Å²) >= 11 is 0. The van der Waals surface area contributed by atoms with Crippen LogP contribution in [0.5, 0.6) is 0 Å². The van der Waals surface area contributed by atoms with Crippen LogP contribution in [0.3, 0.4) is 0 Å². The Morgan fingerprint density at radius 2 is 1.92 bits per heavy atom. The van der Waals surface area contributed by atoms with Crippen LogP contribution < -0.4 is 0 Å². The van der Waals surface area contributed by atoms with E-state index in [0.29, 0.717) is 5.78 Å². The van der Waals surface area contributed by atoms with E-state index in [4.69, 9.17) is 0 Å².